The van der Waals surface area contributed by atoms with Crippen LogP contribution in [0.2, 0.25) is 0 Å². The molecule has 0 aromatic rings. The van der Waals surface area contributed by atoms with Gasteiger partial charge >= 0.3 is 0 Å². The Balaban J connectivity index is 2.66. The summed E-state index contributed by atoms with van der Waals surface area (Å²) < 4.78 is 5.68. The molecule has 1 aliphatic heterocycles. The molecule has 0 radical (unpaired) electrons. The molecular weight excluding hydrogens is 248 g/mol. The number of hydrogen-bond acceptors (Lipinski definition) is 3. The van der Waals surface area contributed by atoms with E-state index in [-0.39, 0.29) is 36.0 Å². The average Bonchev–Trinajstić information content (AvgIpc) is 2.52. The topological polar surface area (TPSA) is 64.3 Å². The van der Waals surface area contributed by atoms with Crippen molar-refractivity contribution < 1.29 is 9.53 Å². The number of amides is 1. The molecule has 5 heteroatoms. The van der Waals surface area contributed by atoms with Gasteiger partial charge < -0.3 is 15.8 Å². The zero-order valence-electron chi connectivity index (χ0n) is 11.6. The first kappa shape index (κ1) is 15.4. The number of hydrogen-bond donors (Lipinski definition) is 2. The van der Waals surface area contributed by atoms with Gasteiger partial charge in [-0.25, -0.2) is 0 Å². The Morgan fingerprint density at radius 1 is 1.39 bits per heavy atom. The lowest BCUT2D eigenvalue weighted by Crippen LogP contribution is -2.48. The second kappa shape index (κ2) is 6.48. The molecule has 1 saturated heterocycles. The average molecular weight is 272 g/mol. The van der Waals surface area contributed by atoms with E-state index in [0.29, 0.717) is 4.99 Å². The van der Waals surface area contributed by atoms with Crippen LogP contribution in [-0.2, 0) is 9.53 Å². The molecule has 1 rings (SSSR count). The molecule has 0 bridgehead atoms. The van der Waals surface area contributed by atoms with Crippen LogP contribution in [0.15, 0.2) is 0 Å². The Morgan fingerprint density at radius 2 is 2.00 bits per heavy atom. The molecule has 0 spiro atoms. The molecule has 5 atom stereocenters. The fourth-order valence-electron chi connectivity index (χ4n) is 2.56. The molecule has 5 unspecified atom stereocenters. The zero-order chi connectivity index (χ0) is 13.9. The Hall–Kier alpha value is -0.680. The van der Waals surface area contributed by atoms with Gasteiger partial charge in [-0.2, -0.15) is 0 Å². The lowest BCUT2D eigenvalue weighted by atomic mass is 9.88. The van der Waals surface area contributed by atoms with E-state index in [1.807, 2.05) is 27.7 Å². The van der Waals surface area contributed by atoms with Crippen molar-refractivity contribution in [1.29, 1.82) is 0 Å². The Kier molecular flexibility index (Phi) is 5.53. The standard InChI is InChI=1S/C13H24N2O2S/c1-5-6-10(12(14)18)15-13(16)11-7(2)8(3)17-9(11)4/h7-11H,5-6H2,1-4H3,(H2,14,18)(H,15,16). The van der Waals surface area contributed by atoms with Gasteiger partial charge in [0.05, 0.1) is 29.2 Å². The SMILES string of the molecule is CCCC(NC(=O)C1C(C)OC(C)C1C)C(N)=S. The molecule has 1 heterocycles. The lowest BCUT2D eigenvalue weighted by molar-refractivity contribution is -0.127. The maximum absolute atomic E-state index is 12.3. The van der Waals surface area contributed by atoms with Crippen molar-refractivity contribution in [3.8, 4) is 0 Å². The third kappa shape index (κ3) is 3.42. The number of thiocarbonyl (C=S) groups is 1. The van der Waals surface area contributed by atoms with Crippen LogP contribution in [0.5, 0.6) is 0 Å². The first-order valence-corrected chi connectivity index (χ1v) is 7.04. The van der Waals surface area contributed by atoms with E-state index in [1.165, 1.54) is 0 Å². The predicted molar refractivity (Wildman–Crippen MR) is 76.3 cm³/mol. The normalized spacial score (nSPS) is 33.1. The summed E-state index contributed by atoms with van der Waals surface area (Å²) in [5.74, 6) is 0.105. The van der Waals surface area contributed by atoms with Gasteiger partial charge in [-0.15, -0.1) is 0 Å². The van der Waals surface area contributed by atoms with Crippen LogP contribution < -0.4 is 11.1 Å². The van der Waals surface area contributed by atoms with Gasteiger partial charge in [-0.3, -0.25) is 4.79 Å². The van der Waals surface area contributed by atoms with Gasteiger partial charge in [0.15, 0.2) is 0 Å². The van der Waals surface area contributed by atoms with E-state index in [1.54, 1.807) is 0 Å². The van der Waals surface area contributed by atoms with Gasteiger partial charge in [-0.1, -0.05) is 32.5 Å². The predicted octanol–water partition coefficient (Wildman–Crippen LogP) is 1.62. The number of carbonyl (C=O) groups excluding carboxylic acids is 1. The Labute approximate surface area is 115 Å². The van der Waals surface area contributed by atoms with Crippen LogP contribution in [0.1, 0.15) is 40.5 Å². The first-order valence-electron chi connectivity index (χ1n) is 6.63. The number of nitrogens with two attached hydrogens (primary N) is 1. The second-order valence-corrected chi connectivity index (χ2v) is 5.65. The fraction of sp³-hybridized carbons (Fsp3) is 0.846. The fourth-order valence-corrected chi connectivity index (χ4v) is 2.74. The summed E-state index contributed by atoms with van der Waals surface area (Å²) in [5, 5.41) is 2.96. The summed E-state index contributed by atoms with van der Waals surface area (Å²) in [7, 11) is 0. The minimum atomic E-state index is -0.201. The molecule has 0 aromatic heterocycles. The smallest absolute Gasteiger partial charge is 0.226 e. The zero-order valence-corrected chi connectivity index (χ0v) is 12.4. The molecule has 1 amide bonds. The summed E-state index contributed by atoms with van der Waals surface area (Å²) in [5.41, 5.74) is 5.65. The van der Waals surface area contributed by atoms with Crippen LogP contribution in [-0.4, -0.2) is 29.1 Å². The summed E-state index contributed by atoms with van der Waals surface area (Å²) in [6.07, 6.45) is 1.78. The monoisotopic (exact) mass is 272 g/mol. The summed E-state index contributed by atoms with van der Waals surface area (Å²) in [6, 6.07) is -0.201. The second-order valence-electron chi connectivity index (χ2n) is 5.18. The Bertz CT molecular complexity index is 322. The van der Waals surface area contributed by atoms with Gasteiger partial charge in [0.2, 0.25) is 5.91 Å². The van der Waals surface area contributed by atoms with E-state index in [2.05, 4.69) is 5.32 Å². The number of ether oxygens (including phenoxy) is 1. The molecule has 104 valence electrons. The molecule has 0 aromatic carbocycles. The van der Waals surface area contributed by atoms with Crippen LogP contribution in [0, 0.1) is 11.8 Å². The van der Waals surface area contributed by atoms with Gasteiger partial charge in [0.1, 0.15) is 0 Å². The quantitative estimate of drug-likeness (QED) is 0.746. The van der Waals surface area contributed by atoms with Crippen molar-refractivity contribution in [2.45, 2.75) is 58.8 Å². The van der Waals surface area contributed by atoms with Crippen LogP contribution in [0.3, 0.4) is 0 Å². The van der Waals surface area contributed by atoms with E-state index in [0.717, 1.165) is 12.8 Å². The molecule has 0 aliphatic carbocycles. The van der Waals surface area contributed by atoms with Crippen molar-refractivity contribution in [2.75, 3.05) is 0 Å². The highest BCUT2D eigenvalue weighted by Crippen LogP contribution is 2.32. The molecule has 18 heavy (non-hydrogen) atoms. The number of nitrogens with one attached hydrogen (secondary N) is 1. The maximum atomic E-state index is 12.3. The summed E-state index contributed by atoms with van der Waals surface area (Å²) >= 11 is 4.99. The van der Waals surface area contributed by atoms with Gasteiger partial charge in [0, 0.05) is 0 Å². The summed E-state index contributed by atoms with van der Waals surface area (Å²) in [4.78, 5) is 12.7. The van der Waals surface area contributed by atoms with Crippen LogP contribution in [0.25, 0.3) is 0 Å². The maximum Gasteiger partial charge on any atom is 0.226 e. The van der Waals surface area contributed by atoms with Crippen LogP contribution >= 0.6 is 12.2 Å². The Morgan fingerprint density at radius 3 is 2.39 bits per heavy atom. The van der Waals surface area contributed by atoms with Crippen molar-refractivity contribution in [2.24, 2.45) is 17.6 Å². The lowest BCUT2D eigenvalue weighted by Gasteiger charge is -2.22. The van der Waals surface area contributed by atoms with E-state index < -0.39 is 0 Å². The number of carbonyl (C=O) groups is 1. The highest BCUT2D eigenvalue weighted by molar-refractivity contribution is 7.80. The van der Waals surface area contributed by atoms with E-state index >= 15 is 0 Å². The van der Waals surface area contributed by atoms with Gasteiger partial charge in [-0.05, 0) is 26.2 Å². The number of rotatable bonds is 5. The van der Waals surface area contributed by atoms with Crippen molar-refractivity contribution in [1.82, 2.24) is 5.32 Å². The van der Waals surface area contributed by atoms with E-state index in [9.17, 15) is 4.79 Å². The first-order chi connectivity index (χ1) is 8.38. The van der Waals surface area contributed by atoms with Crippen molar-refractivity contribution in [3.63, 3.8) is 0 Å². The highest BCUT2D eigenvalue weighted by Gasteiger charge is 2.42. The molecule has 1 fully saturated rings. The van der Waals surface area contributed by atoms with Gasteiger partial charge in [0.25, 0.3) is 0 Å². The van der Waals surface area contributed by atoms with Crippen molar-refractivity contribution in [3.05, 3.63) is 0 Å². The minimum Gasteiger partial charge on any atom is -0.392 e. The van der Waals surface area contributed by atoms with E-state index in [4.69, 9.17) is 22.7 Å². The van der Waals surface area contributed by atoms with Crippen molar-refractivity contribution >= 4 is 23.1 Å². The molecule has 3 N–H and O–H groups in total. The molecular formula is C13H24N2O2S. The molecule has 4 nitrogen and oxygen atoms in total. The van der Waals surface area contributed by atoms with Crippen LogP contribution in [0.4, 0.5) is 0 Å². The largest absolute Gasteiger partial charge is 0.392 e. The molecule has 1 aliphatic rings. The third-order valence-electron chi connectivity index (χ3n) is 3.78. The summed E-state index contributed by atoms with van der Waals surface area (Å²) in [6.45, 7) is 8.04. The molecule has 0 saturated carbocycles. The minimum absolute atomic E-state index is 0.00519. The highest BCUT2D eigenvalue weighted by atomic mass is 32.1. The third-order valence-corrected chi connectivity index (χ3v) is 4.07.